The molecular weight excluding hydrogens is 302 g/mol. The van der Waals surface area contributed by atoms with E-state index in [2.05, 4.69) is 5.10 Å². The summed E-state index contributed by atoms with van der Waals surface area (Å²) >= 11 is 0. The van der Waals surface area contributed by atoms with Crippen LogP contribution >= 0.6 is 0 Å². The zero-order valence-electron chi connectivity index (χ0n) is 13.3. The van der Waals surface area contributed by atoms with Crippen molar-refractivity contribution >= 4 is 11.3 Å². The summed E-state index contributed by atoms with van der Waals surface area (Å²) in [6, 6.07) is 3.55. The van der Waals surface area contributed by atoms with E-state index in [-0.39, 0.29) is 30.6 Å². The van der Waals surface area contributed by atoms with Gasteiger partial charge in [0.2, 0.25) is 5.92 Å². The number of hydrogen-bond acceptors (Lipinski definition) is 3. The van der Waals surface area contributed by atoms with E-state index >= 15 is 0 Å². The lowest BCUT2D eigenvalue weighted by molar-refractivity contribution is -0.0583. The Morgan fingerprint density at radius 2 is 2.04 bits per heavy atom. The van der Waals surface area contributed by atoms with Gasteiger partial charge in [-0.05, 0) is 25.0 Å². The lowest BCUT2D eigenvalue weighted by atomic mass is 9.94. The molecule has 1 aliphatic rings. The van der Waals surface area contributed by atoms with Gasteiger partial charge in [-0.25, -0.2) is 13.3 Å². The van der Waals surface area contributed by atoms with E-state index < -0.39 is 5.92 Å². The number of carbonyl (C=O) groups is 1. The van der Waals surface area contributed by atoms with Crippen LogP contribution in [0.2, 0.25) is 0 Å². The molecule has 0 spiro atoms. The highest BCUT2D eigenvalue weighted by Gasteiger charge is 2.35. The molecule has 3 rings (SSSR count). The quantitative estimate of drug-likeness (QED) is 0.795. The lowest BCUT2D eigenvalue weighted by Gasteiger charge is -2.28. The molecule has 0 atom stereocenters. The number of ether oxygens (including phenoxy) is 1. The maximum absolute atomic E-state index is 13.2. The average Bonchev–Trinajstić information content (AvgIpc) is 2.91. The van der Waals surface area contributed by atoms with Crippen molar-refractivity contribution in [2.75, 3.05) is 0 Å². The molecule has 0 amide bonds. The molecule has 0 unspecified atom stereocenters. The number of halogens is 2. The van der Waals surface area contributed by atoms with Crippen LogP contribution in [0.5, 0.6) is 5.75 Å². The number of alkyl halides is 2. The van der Waals surface area contributed by atoms with Gasteiger partial charge in [-0.15, -0.1) is 0 Å². The van der Waals surface area contributed by atoms with E-state index in [9.17, 15) is 13.6 Å². The summed E-state index contributed by atoms with van der Waals surface area (Å²) in [6.07, 6.45) is 3.49. The molecule has 2 aromatic rings. The lowest BCUT2D eigenvalue weighted by Crippen LogP contribution is -2.30. The third-order valence-corrected chi connectivity index (χ3v) is 4.25. The number of Topliss-reactive ketones (excluding diaryl/α,β-unsaturated/α-hetero) is 1. The van der Waals surface area contributed by atoms with Crippen LogP contribution < -0.4 is 4.74 Å². The van der Waals surface area contributed by atoms with Gasteiger partial charge in [-0.3, -0.25) is 4.79 Å². The van der Waals surface area contributed by atoms with Crippen LogP contribution in [-0.2, 0) is 0 Å². The third-order valence-electron chi connectivity index (χ3n) is 4.25. The maximum atomic E-state index is 13.2. The molecule has 0 radical (unpaired) electrons. The van der Waals surface area contributed by atoms with Gasteiger partial charge in [0.25, 0.3) is 0 Å². The fourth-order valence-corrected chi connectivity index (χ4v) is 2.86. The highest BCUT2D eigenvalue weighted by atomic mass is 19.3. The van der Waals surface area contributed by atoms with Crippen molar-refractivity contribution in [3.05, 3.63) is 30.1 Å². The number of nitrogens with zero attached hydrogens (tertiary/aromatic N) is 2. The minimum atomic E-state index is -2.56. The first-order valence-corrected chi connectivity index (χ1v) is 7.92. The van der Waals surface area contributed by atoms with E-state index in [1.54, 1.807) is 29.0 Å². The predicted octanol–water partition coefficient (Wildman–Crippen LogP) is 4.13. The average molecular weight is 322 g/mol. The molecule has 0 bridgehead atoms. The minimum absolute atomic E-state index is 0.0446. The largest absolute Gasteiger partial charge is 0.489 e. The number of ketones is 1. The number of hydrogen-bond donors (Lipinski definition) is 0. The number of carbonyl (C=O) groups excluding carboxylic acids is 1. The summed E-state index contributed by atoms with van der Waals surface area (Å²) in [6.45, 7) is 3.70. The summed E-state index contributed by atoms with van der Waals surface area (Å²) < 4.78 is 33.7. The van der Waals surface area contributed by atoms with Crippen LogP contribution in [-0.4, -0.2) is 27.4 Å². The third kappa shape index (κ3) is 3.35. The van der Waals surface area contributed by atoms with E-state index in [0.29, 0.717) is 24.2 Å². The smallest absolute Gasteiger partial charge is 0.248 e. The van der Waals surface area contributed by atoms with Gasteiger partial charge in [0.05, 0.1) is 29.6 Å². The Balaban J connectivity index is 1.75. The first kappa shape index (κ1) is 15.9. The molecule has 2 aromatic heterocycles. The van der Waals surface area contributed by atoms with E-state index in [1.165, 1.54) is 0 Å². The van der Waals surface area contributed by atoms with Crippen molar-refractivity contribution in [1.82, 2.24) is 9.61 Å². The second kappa shape index (κ2) is 5.91. The molecule has 2 heterocycles. The number of rotatable bonds is 4. The highest BCUT2D eigenvalue weighted by molar-refractivity contribution is 6.03. The Bertz CT molecular complexity index is 714. The zero-order valence-corrected chi connectivity index (χ0v) is 13.3. The highest BCUT2D eigenvalue weighted by Crippen LogP contribution is 2.34. The van der Waals surface area contributed by atoms with Gasteiger partial charge >= 0.3 is 0 Å². The topological polar surface area (TPSA) is 43.6 Å². The van der Waals surface area contributed by atoms with Crippen LogP contribution in [0.15, 0.2) is 24.5 Å². The molecule has 0 aromatic carbocycles. The Hall–Kier alpha value is -1.98. The molecule has 23 heavy (non-hydrogen) atoms. The van der Waals surface area contributed by atoms with Crippen LogP contribution in [0.4, 0.5) is 8.78 Å². The summed E-state index contributed by atoms with van der Waals surface area (Å²) in [7, 11) is 0. The Labute approximate surface area is 133 Å². The minimum Gasteiger partial charge on any atom is -0.489 e. The van der Waals surface area contributed by atoms with E-state index in [1.807, 2.05) is 13.8 Å². The molecule has 6 heteroatoms. The Morgan fingerprint density at radius 1 is 1.35 bits per heavy atom. The van der Waals surface area contributed by atoms with Crippen LogP contribution in [0, 0.1) is 5.92 Å². The standard InChI is InChI=1S/C17H20F2N2O2/c1-11(2)16(22)14-9-20-21-10-13(3-4-15(14)21)23-12-5-7-17(18,19)8-6-12/h3-4,9-12H,5-8H2,1-2H3. The fraction of sp³-hybridized carbons (Fsp3) is 0.529. The van der Waals surface area contributed by atoms with Crippen molar-refractivity contribution < 1.29 is 18.3 Å². The summed E-state index contributed by atoms with van der Waals surface area (Å²) in [5, 5.41) is 4.19. The maximum Gasteiger partial charge on any atom is 0.248 e. The van der Waals surface area contributed by atoms with Crippen molar-refractivity contribution in [3.8, 4) is 5.75 Å². The van der Waals surface area contributed by atoms with Gasteiger partial charge in [0.1, 0.15) is 5.75 Å². The van der Waals surface area contributed by atoms with Crippen LogP contribution in [0.25, 0.3) is 5.52 Å². The van der Waals surface area contributed by atoms with Gasteiger partial charge in [-0.1, -0.05) is 13.8 Å². The molecule has 124 valence electrons. The first-order chi connectivity index (χ1) is 10.9. The van der Waals surface area contributed by atoms with Crippen molar-refractivity contribution in [2.45, 2.75) is 51.6 Å². The second-order valence-electron chi connectivity index (χ2n) is 6.44. The fourth-order valence-electron chi connectivity index (χ4n) is 2.86. The second-order valence-corrected chi connectivity index (χ2v) is 6.44. The zero-order chi connectivity index (χ0) is 16.6. The van der Waals surface area contributed by atoms with Crippen LogP contribution in [0.3, 0.4) is 0 Å². The predicted molar refractivity (Wildman–Crippen MR) is 82.2 cm³/mol. The molecule has 0 aliphatic heterocycles. The van der Waals surface area contributed by atoms with E-state index in [0.717, 1.165) is 5.52 Å². The van der Waals surface area contributed by atoms with Crippen molar-refractivity contribution in [2.24, 2.45) is 5.92 Å². The number of fused-ring (bicyclic) bond motifs is 1. The Kier molecular flexibility index (Phi) is 4.08. The van der Waals surface area contributed by atoms with Crippen molar-refractivity contribution in [1.29, 1.82) is 0 Å². The molecule has 0 N–H and O–H groups in total. The monoisotopic (exact) mass is 322 g/mol. The van der Waals surface area contributed by atoms with Crippen LogP contribution in [0.1, 0.15) is 49.9 Å². The molecule has 4 nitrogen and oxygen atoms in total. The molecule has 1 saturated carbocycles. The molecule has 0 saturated heterocycles. The number of aromatic nitrogens is 2. The van der Waals surface area contributed by atoms with Gasteiger partial charge in [0, 0.05) is 18.8 Å². The van der Waals surface area contributed by atoms with Gasteiger partial charge < -0.3 is 4.74 Å². The van der Waals surface area contributed by atoms with Crippen molar-refractivity contribution in [3.63, 3.8) is 0 Å². The molecular formula is C17H20F2N2O2. The summed E-state index contributed by atoms with van der Waals surface area (Å²) in [4.78, 5) is 12.1. The molecule has 1 aliphatic carbocycles. The summed E-state index contributed by atoms with van der Waals surface area (Å²) in [5.41, 5.74) is 1.31. The van der Waals surface area contributed by atoms with Gasteiger partial charge in [0.15, 0.2) is 5.78 Å². The molecule has 1 fully saturated rings. The SMILES string of the molecule is CC(C)C(=O)c1cnn2cc(OC3CCC(F)(F)CC3)ccc12. The Morgan fingerprint density at radius 3 is 2.70 bits per heavy atom. The van der Waals surface area contributed by atoms with E-state index in [4.69, 9.17) is 4.74 Å². The summed E-state index contributed by atoms with van der Waals surface area (Å²) in [5.74, 6) is -2.02. The first-order valence-electron chi connectivity index (χ1n) is 7.92. The number of pyridine rings is 1. The normalized spacial score (nSPS) is 18.5. The van der Waals surface area contributed by atoms with Gasteiger partial charge in [-0.2, -0.15) is 5.10 Å².